The molecule has 1 aromatic heterocycles. The van der Waals surface area contributed by atoms with Gasteiger partial charge in [0.25, 0.3) is 0 Å². The first-order valence-electron chi connectivity index (χ1n) is 4.37. The molecule has 0 radical (unpaired) electrons. The van der Waals surface area contributed by atoms with Crippen LogP contribution in [0, 0.1) is 18.6 Å². The molecule has 6 heteroatoms. The lowest BCUT2D eigenvalue weighted by molar-refractivity contribution is 0.102. The van der Waals surface area contributed by atoms with Gasteiger partial charge in [-0.25, -0.2) is 8.78 Å². The number of ketones is 1. The zero-order valence-electron chi connectivity index (χ0n) is 8.20. The third-order valence-corrected chi connectivity index (χ3v) is 2.62. The van der Waals surface area contributed by atoms with E-state index in [1.807, 2.05) is 0 Å². The summed E-state index contributed by atoms with van der Waals surface area (Å²) < 4.78 is 30.2. The van der Waals surface area contributed by atoms with Crippen LogP contribution in [-0.4, -0.2) is 15.4 Å². The second-order valence-corrected chi connectivity index (χ2v) is 3.79. The van der Waals surface area contributed by atoms with Gasteiger partial charge in [-0.2, -0.15) is 0 Å². The van der Waals surface area contributed by atoms with Crippen molar-refractivity contribution in [2.24, 2.45) is 0 Å². The Morgan fingerprint density at radius 1 is 1.31 bits per heavy atom. The Morgan fingerprint density at radius 3 is 2.69 bits per heavy atom. The zero-order valence-corrected chi connectivity index (χ0v) is 9.02. The van der Waals surface area contributed by atoms with E-state index in [0.717, 1.165) is 11.5 Å². The normalized spacial score (nSPS) is 10.4. The molecular weight excluding hydrogens is 234 g/mol. The summed E-state index contributed by atoms with van der Waals surface area (Å²) in [6, 6.07) is 2.60. The van der Waals surface area contributed by atoms with Crippen LogP contribution in [0.4, 0.5) is 8.78 Å². The van der Waals surface area contributed by atoms with E-state index in [-0.39, 0.29) is 16.8 Å². The number of aryl methyl sites for hydroxylation is 1. The van der Waals surface area contributed by atoms with Crippen molar-refractivity contribution in [2.75, 3.05) is 0 Å². The molecule has 0 amide bonds. The number of nitrogens with zero attached hydrogens (tertiary/aromatic N) is 2. The Bertz CT molecular complexity index is 540. The fraction of sp³-hybridized carbons (Fsp3) is 0.100. The Morgan fingerprint density at radius 2 is 2.06 bits per heavy atom. The summed E-state index contributed by atoms with van der Waals surface area (Å²) in [4.78, 5) is 11.7. The lowest BCUT2D eigenvalue weighted by atomic mass is 10.1. The van der Waals surface area contributed by atoms with E-state index >= 15 is 0 Å². The van der Waals surface area contributed by atoms with Gasteiger partial charge in [0.15, 0.2) is 11.6 Å². The molecule has 0 unspecified atom stereocenters. The molecule has 3 nitrogen and oxygen atoms in total. The van der Waals surface area contributed by atoms with Crippen LogP contribution >= 0.6 is 11.5 Å². The molecule has 0 bridgehead atoms. The fourth-order valence-electron chi connectivity index (χ4n) is 1.22. The summed E-state index contributed by atoms with van der Waals surface area (Å²) in [6.07, 6.45) is 0. The third kappa shape index (κ3) is 1.71. The Hall–Kier alpha value is -1.69. The quantitative estimate of drug-likeness (QED) is 0.757. The highest BCUT2D eigenvalue weighted by atomic mass is 32.1. The Labute approximate surface area is 93.9 Å². The van der Waals surface area contributed by atoms with Crippen molar-refractivity contribution in [3.05, 3.63) is 46.0 Å². The van der Waals surface area contributed by atoms with Crippen molar-refractivity contribution in [3.63, 3.8) is 0 Å². The largest absolute Gasteiger partial charge is 0.287 e. The van der Waals surface area contributed by atoms with Gasteiger partial charge < -0.3 is 0 Å². The SMILES string of the molecule is Cc1ccc(C(=O)c2csnn2)c(F)c1F. The van der Waals surface area contributed by atoms with E-state index in [1.165, 1.54) is 24.4 Å². The van der Waals surface area contributed by atoms with Crippen molar-refractivity contribution in [2.45, 2.75) is 6.92 Å². The van der Waals surface area contributed by atoms with Gasteiger partial charge in [-0.1, -0.05) is 10.6 Å². The lowest BCUT2D eigenvalue weighted by Crippen LogP contribution is -2.07. The summed E-state index contributed by atoms with van der Waals surface area (Å²) in [5, 5.41) is 4.90. The van der Waals surface area contributed by atoms with Crippen molar-refractivity contribution >= 4 is 17.3 Å². The minimum Gasteiger partial charge on any atom is -0.287 e. The minimum atomic E-state index is -1.14. The Balaban J connectivity index is 2.50. The summed E-state index contributed by atoms with van der Waals surface area (Å²) in [6.45, 7) is 1.43. The van der Waals surface area contributed by atoms with E-state index in [1.54, 1.807) is 0 Å². The van der Waals surface area contributed by atoms with Crippen LogP contribution in [0.1, 0.15) is 21.6 Å². The van der Waals surface area contributed by atoms with E-state index in [0.29, 0.717) is 0 Å². The smallest absolute Gasteiger partial charge is 0.217 e. The lowest BCUT2D eigenvalue weighted by Gasteiger charge is -2.02. The number of hydrogen-bond donors (Lipinski definition) is 0. The highest BCUT2D eigenvalue weighted by molar-refractivity contribution is 7.03. The second kappa shape index (κ2) is 4.05. The molecule has 82 valence electrons. The maximum Gasteiger partial charge on any atom is 0.217 e. The van der Waals surface area contributed by atoms with Gasteiger partial charge in [-0.3, -0.25) is 4.79 Å². The molecule has 1 heterocycles. The maximum atomic E-state index is 13.5. The van der Waals surface area contributed by atoms with Gasteiger partial charge >= 0.3 is 0 Å². The van der Waals surface area contributed by atoms with Crippen LogP contribution in [0.3, 0.4) is 0 Å². The van der Waals surface area contributed by atoms with Crippen molar-refractivity contribution in [1.29, 1.82) is 0 Å². The van der Waals surface area contributed by atoms with Gasteiger partial charge in [0.2, 0.25) is 5.78 Å². The zero-order chi connectivity index (χ0) is 11.7. The number of carbonyl (C=O) groups excluding carboxylic acids is 1. The average Bonchev–Trinajstić information content (AvgIpc) is 2.79. The second-order valence-electron chi connectivity index (χ2n) is 3.18. The van der Waals surface area contributed by atoms with Crippen molar-refractivity contribution < 1.29 is 13.6 Å². The van der Waals surface area contributed by atoms with Crippen LogP contribution < -0.4 is 0 Å². The Kier molecular flexibility index (Phi) is 2.74. The van der Waals surface area contributed by atoms with E-state index in [9.17, 15) is 13.6 Å². The summed E-state index contributed by atoms with van der Waals surface area (Å²) in [5.74, 6) is -2.81. The first-order valence-corrected chi connectivity index (χ1v) is 5.21. The molecule has 0 aliphatic rings. The standard InChI is InChI=1S/C10H6F2N2OS/c1-5-2-3-6(9(12)8(5)11)10(15)7-4-16-14-13-7/h2-4H,1H3. The third-order valence-electron chi connectivity index (χ3n) is 2.11. The first-order chi connectivity index (χ1) is 7.61. The molecular formula is C10H6F2N2OS. The molecule has 1 aromatic carbocycles. The molecule has 0 atom stereocenters. The van der Waals surface area contributed by atoms with Gasteiger partial charge in [0.05, 0.1) is 5.56 Å². The molecule has 0 saturated heterocycles. The fourth-order valence-corrected chi connectivity index (χ4v) is 1.66. The molecule has 0 spiro atoms. The van der Waals surface area contributed by atoms with Crippen LogP contribution in [0.2, 0.25) is 0 Å². The van der Waals surface area contributed by atoms with Gasteiger partial charge in [-0.15, -0.1) is 5.10 Å². The minimum absolute atomic E-state index is 0.0205. The summed E-state index contributed by atoms with van der Waals surface area (Å²) >= 11 is 0.978. The molecule has 0 fully saturated rings. The first kappa shape index (κ1) is 10.8. The van der Waals surface area contributed by atoms with Crippen LogP contribution in [0.5, 0.6) is 0 Å². The van der Waals surface area contributed by atoms with Crippen molar-refractivity contribution in [1.82, 2.24) is 9.59 Å². The van der Waals surface area contributed by atoms with Crippen molar-refractivity contribution in [3.8, 4) is 0 Å². The monoisotopic (exact) mass is 240 g/mol. The molecule has 16 heavy (non-hydrogen) atoms. The number of aromatic nitrogens is 2. The maximum absolute atomic E-state index is 13.5. The van der Waals surface area contributed by atoms with E-state index in [2.05, 4.69) is 9.59 Å². The summed E-state index contributed by atoms with van der Waals surface area (Å²) in [7, 11) is 0. The topological polar surface area (TPSA) is 42.9 Å². The highest BCUT2D eigenvalue weighted by Crippen LogP contribution is 2.18. The molecule has 2 aromatic rings. The number of carbonyl (C=O) groups is 1. The van der Waals surface area contributed by atoms with Gasteiger partial charge in [0, 0.05) is 5.38 Å². The molecule has 0 N–H and O–H groups in total. The van der Waals surface area contributed by atoms with Crippen LogP contribution in [0.15, 0.2) is 17.5 Å². The number of hydrogen-bond acceptors (Lipinski definition) is 4. The number of rotatable bonds is 2. The van der Waals surface area contributed by atoms with Crippen LogP contribution in [-0.2, 0) is 0 Å². The van der Waals surface area contributed by atoms with E-state index < -0.39 is 17.4 Å². The number of halogens is 2. The predicted molar refractivity (Wildman–Crippen MR) is 54.4 cm³/mol. The highest BCUT2D eigenvalue weighted by Gasteiger charge is 2.19. The molecule has 0 aliphatic carbocycles. The van der Waals surface area contributed by atoms with Gasteiger partial charge in [-0.05, 0) is 30.1 Å². The molecule has 2 rings (SSSR count). The van der Waals surface area contributed by atoms with E-state index in [4.69, 9.17) is 0 Å². The average molecular weight is 240 g/mol. The predicted octanol–water partition coefficient (Wildman–Crippen LogP) is 2.36. The number of benzene rings is 1. The van der Waals surface area contributed by atoms with Gasteiger partial charge in [0.1, 0.15) is 5.69 Å². The molecule has 0 aliphatic heterocycles. The van der Waals surface area contributed by atoms with Crippen LogP contribution in [0.25, 0.3) is 0 Å². The molecule has 0 saturated carbocycles. The summed E-state index contributed by atoms with van der Waals surface area (Å²) in [5.41, 5.74) is -0.145.